The molecule has 2 N–H and O–H groups in total. The summed E-state index contributed by atoms with van der Waals surface area (Å²) in [6, 6.07) is 3.00. The molecule has 0 aromatic heterocycles. The van der Waals surface area contributed by atoms with Gasteiger partial charge in [0.05, 0.1) is 5.30 Å². The van der Waals surface area contributed by atoms with Gasteiger partial charge in [-0.1, -0.05) is 25.7 Å². The Labute approximate surface area is 108 Å². The molecule has 3 unspecified atom stereocenters. The molecule has 18 heavy (non-hydrogen) atoms. The smallest absolute Gasteiger partial charge is 0.126 e. The summed E-state index contributed by atoms with van der Waals surface area (Å²) in [7, 11) is -1.96. The third-order valence-electron chi connectivity index (χ3n) is 4.42. The molecule has 4 heteroatoms. The van der Waals surface area contributed by atoms with Crippen LogP contribution in [0.4, 0.5) is 0 Å². The largest absolute Gasteiger partial charge is 0.508 e. The summed E-state index contributed by atoms with van der Waals surface area (Å²) in [4.78, 5) is 0. The van der Waals surface area contributed by atoms with E-state index in [1.54, 1.807) is 0 Å². The second-order valence-corrected chi connectivity index (χ2v) is 7.43. The topological polar surface area (TPSA) is 57.5 Å². The van der Waals surface area contributed by atoms with Gasteiger partial charge in [-0.05, 0) is 30.9 Å². The monoisotopic (exact) mass is 266 g/mol. The highest BCUT2D eigenvalue weighted by Gasteiger charge is 2.41. The van der Waals surface area contributed by atoms with E-state index < -0.39 is 7.80 Å². The van der Waals surface area contributed by atoms with Crippen LogP contribution >= 0.6 is 7.80 Å². The lowest BCUT2D eigenvalue weighted by Gasteiger charge is -2.22. The number of fused-ring (bicyclic) bond motifs is 3. The van der Waals surface area contributed by atoms with Gasteiger partial charge in [-0.25, -0.2) is 0 Å². The molecule has 0 amide bonds. The SMILES string of the molecule is O=[PH]1c2c(O)ccc(O)c2C2CCCCCCC21. The fourth-order valence-electron chi connectivity index (χ4n) is 3.56. The van der Waals surface area contributed by atoms with Gasteiger partial charge in [0.15, 0.2) is 0 Å². The van der Waals surface area contributed by atoms with E-state index in [2.05, 4.69) is 0 Å². The van der Waals surface area contributed by atoms with Gasteiger partial charge in [-0.2, -0.15) is 0 Å². The molecule has 1 fully saturated rings. The number of aromatic hydroxyl groups is 2. The maximum Gasteiger partial charge on any atom is 0.126 e. The van der Waals surface area contributed by atoms with Crippen LogP contribution < -0.4 is 5.30 Å². The second-order valence-electron chi connectivity index (χ2n) is 5.46. The average Bonchev–Trinajstić information content (AvgIpc) is 2.58. The molecule has 2 aliphatic rings. The van der Waals surface area contributed by atoms with E-state index in [0.29, 0.717) is 5.30 Å². The first kappa shape index (κ1) is 12.1. The summed E-state index contributed by atoms with van der Waals surface area (Å²) < 4.78 is 12.6. The predicted molar refractivity (Wildman–Crippen MR) is 72.6 cm³/mol. The molecule has 1 heterocycles. The Morgan fingerprint density at radius 1 is 1.00 bits per heavy atom. The van der Waals surface area contributed by atoms with Crippen molar-refractivity contribution in [2.45, 2.75) is 50.1 Å². The highest BCUT2D eigenvalue weighted by Crippen LogP contribution is 2.55. The normalized spacial score (nSPS) is 31.2. The van der Waals surface area contributed by atoms with Crippen LogP contribution in [-0.4, -0.2) is 15.9 Å². The number of hydrogen-bond donors (Lipinski definition) is 2. The molecule has 0 bridgehead atoms. The van der Waals surface area contributed by atoms with Gasteiger partial charge >= 0.3 is 0 Å². The molecule has 3 atom stereocenters. The van der Waals surface area contributed by atoms with Crippen LogP contribution in [0.1, 0.15) is 50.0 Å². The first-order chi connectivity index (χ1) is 8.70. The highest BCUT2D eigenvalue weighted by atomic mass is 31.1. The molecule has 1 aliphatic heterocycles. The Morgan fingerprint density at radius 3 is 2.44 bits per heavy atom. The molecule has 1 aromatic carbocycles. The molecular formula is C14H19O3P. The Kier molecular flexibility index (Phi) is 3.11. The van der Waals surface area contributed by atoms with Crippen LogP contribution in [0.5, 0.6) is 11.5 Å². The third kappa shape index (κ3) is 1.76. The van der Waals surface area contributed by atoms with Gasteiger partial charge in [0.1, 0.15) is 19.3 Å². The van der Waals surface area contributed by atoms with Crippen LogP contribution in [0, 0.1) is 0 Å². The van der Waals surface area contributed by atoms with Crippen molar-refractivity contribution in [2.24, 2.45) is 0 Å². The molecular weight excluding hydrogens is 247 g/mol. The van der Waals surface area contributed by atoms with Crippen molar-refractivity contribution in [3.05, 3.63) is 17.7 Å². The number of benzene rings is 1. The van der Waals surface area contributed by atoms with Crippen LogP contribution in [-0.2, 0) is 4.57 Å². The minimum Gasteiger partial charge on any atom is -0.508 e. The second kappa shape index (κ2) is 4.62. The van der Waals surface area contributed by atoms with E-state index in [4.69, 9.17) is 0 Å². The van der Waals surface area contributed by atoms with Gasteiger partial charge in [-0.3, -0.25) is 0 Å². The molecule has 3 nitrogen and oxygen atoms in total. The average molecular weight is 266 g/mol. The van der Waals surface area contributed by atoms with Crippen molar-refractivity contribution in [1.82, 2.24) is 0 Å². The van der Waals surface area contributed by atoms with Crippen molar-refractivity contribution in [1.29, 1.82) is 0 Å². The van der Waals surface area contributed by atoms with E-state index in [9.17, 15) is 14.8 Å². The van der Waals surface area contributed by atoms with Crippen molar-refractivity contribution >= 4 is 13.1 Å². The lowest BCUT2D eigenvalue weighted by Crippen LogP contribution is -2.12. The molecule has 0 saturated heterocycles. The van der Waals surface area contributed by atoms with E-state index in [0.717, 1.165) is 31.2 Å². The Morgan fingerprint density at radius 2 is 1.67 bits per heavy atom. The Hall–Kier alpha value is -0.950. The zero-order valence-electron chi connectivity index (χ0n) is 10.4. The lowest BCUT2D eigenvalue weighted by atomic mass is 9.85. The van der Waals surface area contributed by atoms with Crippen LogP contribution in [0.3, 0.4) is 0 Å². The number of hydrogen-bond acceptors (Lipinski definition) is 3. The van der Waals surface area contributed by atoms with Gasteiger partial charge < -0.3 is 14.8 Å². The maximum absolute atomic E-state index is 12.6. The summed E-state index contributed by atoms with van der Waals surface area (Å²) in [5.41, 5.74) is 0.940. The van der Waals surface area contributed by atoms with Crippen LogP contribution in [0.15, 0.2) is 12.1 Å². The summed E-state index contributed by atoms with van der Waals surface area (Å²) in [5.74, 6) is 0.520. The highest BCUT2D eigenvalue weighted by molar-refractivity contribution is 7.55. The van der Waals surface area contributed by atoms with Crippen molar-refractivity contribution < 1.29 is 14.8 Å². The number of rotatable bonds is 0. The quantitative estimate of drug-likeness (QED) is 0.560. The zero-order valence-corrected chi connectivity index (χ0v) is 11.4. The predicted octanol–water partition coefficient (Wildman–Crippen LogP) is 3.10. The first-order valence-corrected chi connectivity index (χ1v) is 8.27. The molecule has 3 rings (SSSR count). The van der Waals surface area contributed by atoms with Crippen molar-refractivity contribution in [3.8, 4) is 11.5 Å². The molecule has 1 aromatic rings. The van der Waals surface area contributed by atoms with Crippen LogP contribution in [0.2, 0.25) is 0 Å². The van der Waals surface area contributed by atoms with Crippen LogP contribution in [0.25, 0.3) is 0 Å². The third-order valence-corrected chi connectivity index (χ3v) is 6.80. The van der Waals surface area contributed by atoms with E-state index in [-0.39, 0.29) is 23.1 Å². The minimum atomic E-state index is -1.96. The Bertz CT molecular complexity index is 498. The fourth-order valence-corrected chi connectivity index (χ4v) is 6.01. The van der Waals surface area contributed by atoms with E-state index >= 15 is 0 Å². The summed E-state index contributed by atoms with van der Waals surface area (Å²) in [6.45, 7) is 0. The zero-order chi connectivity index (χ0) is 12.7. The van der Waals surface area contributed by atoms with Crippen molar-refractivity contribution in [3.63, 3.8) is 0 Å². The van der Waals surface area contributed by atoms with E-state index in [1.807, 2.05) is 0 Å². The van der Waals surface area contributed by atoms with Gasteiger partial charge in [-0.15, -0.1) is 0 Å². The van der Waals surface area contributed by atoms with Gasteiger partial charge in [0, 0.05) is 11.2 Å². The molecule has 0 radical (unpaired) electrons. The summed E-state index contributed by atoms with van der Waals surface area (Å²) >= 11 is 0. The maximum atomic E-state index is 12.6. The molecule has 0 spiro atoms. The molecule has 1 aliphatic carbocycles. The lowest BCUT2D eigenvalue weighted by molar-refractivity contribution is 0.428. The number of phenols is 2. The first-order valence-electron chi connectivity index (χ1n) is 6.79. The molecule has 1 saturated carbocycles. The fraction of sp³-hybridized carbons (Fsp3) is 0.571. The Balaban J connectivity index is 2.10. The minimum absolute atomic E-state index is 0.110. The van der Waals surface area contributed by atoms with Crippen molar-refractivity contribution in [2.75, 3.05) is 0 Å². The standard InChI is InChI=1S/C14H19O3P/c15-10-7-8-11(16)14-13(10)9-5-3-1-2-4-6-12(9)18(14)17/h7-9,12,15-16,18H,1-6H2. The van der Waals surface area contributed by atoms with Gasteiger partial charge in [0.25, 0.3) is 0 Å². The number of phenolic OH excluding ortho intramolecular Hbond substituents is 2. The molecule has 98 valence electrons. The summed E-state index contributed by atoms with van der Waals surface area (Å²) in [5, 5.41) is 20.5. The van der Waals surface area contributed by atoms with Gasteiger partial charge in [0.2, 0.25) is 0 Å². The van der Waals surface area contributed by atoms with E-state index in [1.165, 1.54) is 25.0 Å². The summed E-state index contributed by atoms with van der Waals surface area (Å²) in [6.07, 6.45) is 6.64.